The fourth-order valence-corrected chi connectivity index (χ4v) is 1.34. The molecule has 60 valence electrons. The maximum absolute atomic E-state index is 12.0. The second-order valence-electron chi connectivity index (χ2n) is 2.71. The van der Waals surface area contributed by atoms with Gasteiger partial charge in [-0.05, 0) is 25.9 Å². The van der Waals surface area contributed by atoms with Gasteiger partial charge in [-0.1, -0.05) is 0 Å². The summed E-state index contributed by atoms with van der Waals surface area (Å²) in [6, 6.07) is -0.456. The van der Waals surface area contributed by atoms with E-state index in [9.17, 15) is 8.78 Å². The summed E-state index contributed by atoms with van der Waals surface area (Å²) in [6.45, 7) is 0.657. The van der Waals surface area contributed by atoms with Crippen LogP contribution in [0.1, 0.15) is 12.8 Å². The number of likely N-dealkylation sites (tertiary alicyclic amines) is 1. The highest BCUT2D eigenvalue weighted by molar-refractivity contribution is 4.74. The van der Waals surface area contributed by atoms with Crippen LogP contribution in [-0.2, 0) is 0 Å². The molecule has 0 saturated carbocycles. The smallest absolute Gasteiger partial charge is 0.107 e. The lowest BCUT2D eigenvalue weighted by Gasteiger charge is -2.21. The highest BCUT2D eigenvalue weighted by atomic mass is 19.1. The Balaban J connectivity index is 2.29. The van der Waals surface area contributed by atoms with Crippen LogP contribution in [0.3, 0.4) is 0 Å². The van der Waals surface area contributed by atoms with Crippen LogP contribution in [0.2, 0.25) is 0 Å². The Bertz CT molecular complexity index is 87.6. The topological polar surface area (TPSA) is 3.24 Å². The summed E-state index contributed by atoms with van der Waals surface area (Å²) >= 11 is 0. The molecule has 0 bridgehead atoms. The monoisotopic (exact) mass is 149 g/mol. The van der Waals surface area contributed by atoms with Gasteiger partial charge in [-0.15, -0.1) is 0 Å². The highest BCUT2D eigenvalue weighted by Gasteiger charge is 2.20. The van der Waals surface area contributed by atoms with Gasteiger partial charge in [0.25, 0.3) is 0 Å². The number of nitrogens with zero attached hydrogens (tertiary/aromatic N) is 1. The lowest BCUT2D eigenvalue weighted by atomic mass is 10.3. The van der Waals surface area contributed by atoms with Gasteiger partial charge >= 0.3 is 0 Å². The first-order chi connectivity index (χ1) is 4.88. The molecule has 1 fully saturated rings. The first-order valence-electron chi connectivity index (χ1n) is 3.74. The largest absolute Gasteiger partial charge is 0.295 e. The normalized spacial score (nSPS) is 20.7. The number of rotatable bonds is 3. The Morgan fingerprint density at radius 1 is 1.10 bits per heavy atom. The average Bonchev–Trinajstić information content (AvgIpc) is 2.43. The van der Waals surface area contributed by atoms with E-state index in [2.05, 4.69) is 0 Å². The molecule has 0 radical (unpaired) electrons. The standard InChI is InChI=1S/C7H13F2N/c8-5-7(6-9)10-3-1-2-4-10/h7H,1-6H2. The molecule has 0 aromatic heterocycles. The van der Waals surface area contributed by atoms with Crippen LogP contribution in [0.25, 0.3) is 0 Å². The summed E-state index contributed by atoms with van der Waals surface area (Å²) in [5.74, 6) is 0. The van der Waals surface area contributed by atoms with Gasteiger partial charge in [-0.25, -0.2) is 8.78 Å². The number of hydrogen-bond acceptors (Lipinski definition) is 1. The number of halogens is 2. The number of hydrogen-bond donors (Lipinski definition) is 0. The molecule has 0 amide bonds. The van der Waals surface area contributed by atoms with E-state index in [0.717, 1.165) is 25.9 Å². The minimum atomic E-state index is -0.545. The Labute approximate surface area is 60.0 Å². The molecule has 0 aromatic carbocycles. The molecule has 1 aliphatic heterocycles. The molecule has 0 atom stereocenters. The molecule has 1 nitrogen and oxygen atoms in total. The lowest BCUT2D eigenvalue weighted by Crippen LogP contribution is -2.35. The van der Waals surface area contributed by atoms with Gasteiger partial charge in [0.2, 0.25) is 0 Å². The predicted molar refractivity (Wildman–Crippen MR) is 36.5 cm³/mol. The summed E-state index contributed by atoms with van der Waals surface area (Å²) in [7, 11) is 0. The summed E-state index contributed by atoms with van der Waals surface area (Å²) in [6.07, 6.45) is 2.19. The third-order valence-corrected chi connectivity index (χ3v) is 2.01. The second kappa shape index (κ2) is 3.86. The van der Waals surface area contributed by atoms with E-state index in [1.54, 1.807) is 0 Å². The molecule has 1 saturated heterocycles. The molecule has 1 aliphatic rings. The molecule has 0 aliphatic carbocycles. The summed E-state index contributed by atoms with van der Waals surface area (Å²) in [5, 5.41) is 0. The van der Waals surface area contributed by atoms with Gasteiger partial charge in [0, 0.05) is 0 Å². The molecule has 1 heterocycles. The van der Waals surface area contributed by atoms with Gasteiger partial charge in [0.15, 0.2) is 0 Å². The van der Waals surface area contributed by atoms with Crippen LogP contribution < -0.4 is 0 Å². The van der Waals surface area contributed by atoms with Gasteiger partial charge in [-0.2, -0.15) is 0 Å². The van der Waals surface area contributed by atoms with E-state index >= 15 is 0 Å². The zero-order chi connectivity index (χ0) is 7.40. The van der Waals surface area contributed by atoms with Crippen LogP contribution in [0.15, 0.2) is 0 Å². The number of alkyl halides is 2. The fraction of sp³-hybridized carbons (Fsp3) is 1.00. The minimum Gasteiger partial charge on any atom is -0.295 e. The first kappa shape index (κ1) is 7.92. The van der Waals surface area contributed by atoms with E-state index in [0.29, 0.717) is 0 Å². The molecule has 1 rings (SSSR count). The van der Waals surface area contributed by atoms with Crippen molar-refractivity contribution in [3.05, 3.63) is 0 Å². The third-order valence-electron chi connectivity index (χ3n) is 2.01. The maximum Gasteiger partial charge on any atom is 0.107 e. The van der Waals surface area contributed by atoms with Crippen molar-refractivity contribution in [2.75, 3.05) is 26.4 Å². The molecular formula is C7H13F2N. The fourth-order valence-electron chi connectivity index (χ4n) is 1.34. The van der Waals surface area contributed by atoms with Gasteiger partial charge < -0.3 is 0 Å². The van der Waals surface area contributed by atoms with Crippen molar-refractivity contribution in [2.45, 2.75) is 18.9 Å². The van der Waals surface area contributed by atoms with Gasteiger partial charge in [0.05, 0.1) is 6.04 Å². The summed E-state index contributed by atoms with van der Waals surface area (Å²) < 4.78 is 24.1. The third kappa shape index (κ3) is 1.66. The van der Waals surface area contributed by atoms with Crippen LogP contribution >= 0.6 is 0 Å². The lowest BCUT2D eigenvalue weighted by molar-refractivity contribution is 0.167. The first-order valence-corrected chi connectivity index (χ1v) is 3.74. The van der Waals surface area contributed by atoms with Crippen LogP contribution in [-0.4, -0.2) is 37.4 Å². The van der Waals surface area contributed by atoms with E-state index in [1.807, 2.05) is 4.90 Å². The molecule has 0 aromatic rings. The molecule has 3 heteroatoms. The van der Waals surface area contributed by atoms with Crippen LogP contribution in [0.4, 0.5) is 8.78 Å². The Hall–Kier alpha value is -0.180. The molecule has 0 N–H and O–H groups in total. The zero-order valence-electron chi connectivity index (χ0n) is 6.02. The van der Waals surface area contributed by atoms with Crippen molar-refractivity contribution in [1.82, 2.24) is 4.90 Å². The minimum absolute atomic E-state index is 0.456. The predicted octanol–water partition coefficient (Wildman–Crippen LogP) is 1.39. The van der Waals surface area contributed by atoms with E-state index in [-0.39, 0.29) is 0 Å². The Kier molecular flexibility index (Phi) is 3.06. The van der Waals surface area contributed by atoms with Gasteiger partial charge in [-0.3, -0.25) is 4.90 Å². The molecule has 0 unspecified atom stereocenters. The van der Waals surface area contributed by atoms with Crippen molar-refractivity contribution >= 4 is 0 Å². The van der Waals surface area contributed by atoms with Crippen molar-refractivity contribution in [1.29, 1.82) is 0 Å². The maximum atomic E-state index is 12.0. The summed E-state index contributed by atoms with van der Waals surface area (Å²) in [5.41, 5.74) is 0. The average molecular weight is 149 g/mol. The second-order valence-corrected chi connectivity index (χ2v) is 2.71. The molecule has 10 heavy (non-hydrogen) atoms. The Morgan fingerprint density at radius 3 is 2.00 bits per heavy atom. The van der Waals surface area contributed by atoms with E-state index in [1.165, 1.54) is 0 Å². The molecular weight excluding hydrogens is 136 g/mol. The zero-order valence-corrected chi connectivity index (χ0v) is 6.02. The Morgan fingerprint density at radius 2 is 1.60 bits per heavy atom. The molecule has 0 spiro atoms. The van der Waals surface area contributed by atoms with Gasteiger partial charge in [0.1, 0.15) is 13.3 Å². The summed E-state index contributed by atoms with van der Waals surface area (Å²) in [4.78, 5) is 1.89. The van der Waals surface area contributed by atoms with Crippen LogP contribution in [0.5, 0.6) is 0 Å². The van der Waals surface area contributed by atoms with Crippen molar-refractivity contribution < 1.29 is 8.78 Å². The SMILES string of the molecule is FCC(CF)N1CCCC1. The van der Waals surface area contributed by atoms with Crippen molar-refractivity contribution in [3.63, 3.8) is 0 Å². The quantitative estimate of drug-likeness (QED) is 0.586. The van der Waals surface area contributed by atoms with E-state index in [4.69, 9.17) is 0 Å². The van der Waals surface area contributed by atoms with Crippen molar-refractivity contribution in [3.8, 4) is 0 Å². The van der Waals surface area contributed by atoms with Crippen LogP contribution in [0, 0.1) is 0 Å². The van der Waals surface area contributed by atoms with Crippen molar-refractivity contribution in [2.24, 2.45) is 0 Å². The van der Waals surface area contributed by atoms with E-state index < -0.39 is 19.4 Å². The highest BCUT2D eigenvalue weighted by Crippen LogP contribution is 2.12.